The molecule has 0 aliphatic heterocycles. The number of amides is 1. The van der Waals surface area contributed by atoms with Gasteiger partial charge in [-0.25, -0.2) is 0 Å². The van der Waals surface area contributed by atoms with Crippen LogP contribution in [0, 0.1) is 5.92 Å². The molecular formula is C14H16ClNO4. The molecule has 5 nitrogen and oxygen atoms in total. The zero-order valence-electron chi connectivity index (χ0n) is 11.0. The van der Waals surface area contributed by atoms with Crippen LogP contribution in [0.3, 0.4) is 0 Å². The molecule has 0 bridgehead atoms. The molecule has 0 saturated heterocycles. The molecule has 1 atom stereocenters. The molecule has 20 heavy (non-hydrogen) atoms. The number of carboxylic acids is 1. The summed E-state index contributed by atoms with van der Waals surface area (Å²) < 4.78 is 5.49. The predicted octanol–water partition coefficient (Wildman–Crippen LogP) is 2.09. The van der Waals surface area contributed by atoms with Gasteiger partial charge in [-0.15, -0.1) is 0 Å². The van der Waals surface area contributed by atoms with Crippen LogP contribution in [0.5, 0.6) is 5.75 Å². The quantitative estimate of drug-likeness (QED) is 0.872. The number of benzene rings is 1. The molecule has 6 heteroatoms. The Balaban J connectivity index is 1.80. The number of hydrogen-bond donors (Lipinski definition) is 2. The van der Waals surface area contributed by atoms with Gasteiger partial charge in [0, 0.05) is 11.1 Å². The van der Waals surface area contributed by atoms with Crippen molar-refractivity contribution in [3.05, 3.63) is 29.3 Å². The molecule has 1 aromatic carbocycles. The van der Waals surface area contributed by atoms with Crippen LogP contribution in [0.2, 0.25) is 5.02 Å². The summed E-state index contributed by atoms with van der Waals surface area (Å²) in [4.78, 5) is 22.6. The lowest BCUT2D eigenvalue weighted by Crippen LogP contribution is -2.50. The first kappa shape index (κ1) is 14.7. The molecule has 1 saturated carbocycles. The average Bonchev–Trinajstić information content (AvgIpc) is 2.32. The van der Waals surface area contributed by atoms with Gasteiger partial charge in [0.1, 0.15) is 5.75 Å². The third-order valence-corrected chi connectivity index (χ3v) is 3.55. The maximum atomic E-state index is 11.9. The van der Waals surface area contributed by atoms with Crippen molar-refractivity contribution in [2.45, 2.75) is 31.9 Å². The highest BCUT2D eigenvalue weighted by molar-refractivity contribution is 6.30. The van der Waals surface area contributed by atoms with Crippen molar-refractivity contribution in [1.82, 2.24) is 5.32 Å². The first-order valence-corrected chi connectivity index (χ1v) is 6.79. The van der Waals surface area contributed by atoms with Gasteiger partial charge in [-0.05, 0) is 38.0 Å². The first-order valence-electron chi connectivity index (χ1n) is 6.41. The summed E-state index contributed by atoms with van der Waals surface area (Å²) in [6, 6.07) is 6.74. The second kappa shape index (κ2) is 6.13. The number of carbonyl (C=O) groups is 2. The minimum absolute atomic E-state index is 0.0750. The highest BCUT2D eigenvalue weighted by Gasteiger charge is 2.36. The topological polar surface area (TPSA) is 75.6 Å². The Bertz CT molecular complexity index is 514. The lowest BCUT2D eigenvalue weighted by molar-refractivity contribution is -0.146. The monoisotopic (exact) mass is 297 g/mol. The molecule has 1 aliphatic rings. The summed E-state index contributed by atoms with van der Waals surface area (Å²) in [5, 5.41) is 12.1. The van der Waals surface area contributed by atoms with E-state index in [9.17, 15) is 9.59 Å². The molecule has 1 amide bonds. The molecule has 0 radical (unpaired) electrons. The van der Waals surface area contributed by atoms with E-state index in [1.165, 1.54) is 0 Å². The SMILES string of the molecule is CC(Oc1cccc(Cl)c1)C(=O)NC1CC(C(=O)O)C1. The van der Waals surface area contributed by atoms with Gasteiger partial charge in [0.2, 0.25) is 0 Å². The van der Waals surface area contributed by atoms with E-state index in [-0.39, 0.29) is 17.9 Å². The van der Waals surface area contributed by atoms with Crippen LogP contribution in [-0.2, 0) is 9.59 Å². The van der Waals surface area contributed by atoms with E-state index in [1.54, 1.807) is 31.2 Å². The predicted molar refractivity (Wildman–Crippen MR) is 73.8 cm³/mol. The van der Waals surface area contributed by atoms with Crippen LogP contribution in [0.4, 0.5) is 0 Å². The zero-order chi connectivity index (χ0) is 14.7. The van der Waals surface area contributed by atoms with Gasteiger partial charge >= 0.3 is 5.97 Å². The van der Waals surface area contributed by atoms with Crippen LogP contribution in [0.25, 0.3) is 0 Å². The van der Waals surface area contributed by atoms with E-state index in [1.807, 2.05) is 0 Å². The van der Waals surface area contributed by atoms with E-state index < -0.39 is 12.1 Å². The van der Waals surface area contributed by atoms with E-state index >= 15 is 0 Å². The molecule has 108 valence electrons. The normalized spacial score (nSPS) is 22.5. The van der Waals surface area contributed by atoms with Crippen molar-refractivity contribution >= 4 is 23.5 Å². The summed E-state index contributed by atoms with van der Waals surface area (Å²) in [7, 11) is 0. The van der Waals surface area contributed by atoms with E-state index in [0.29, 0.717) is 23.6 Å². The largest absolute Gasteiger partial charge is 0.481 e. The Morgan fingerprint density at radius 2 is 2.15 bits per heavy atom. The fourth-order valence-corrected chi connectivity index (χ4v) is 2.23. The van der Waals surface area contributed by atoms with Crippen molar-refractivity contribution in [2.24, 2.45) is 5.92 Å². The molecule has 2 N–H and O–H groups in total. The van der Waals surface area contributed by atoms with Gasteiger partial charge in [0.25, 0.3) is 5.91 Å². The smallest absolute Gasteiger partial charge is 0.306 e. The lowest BCUT2D eigenvalue weighted by atomic mass is 9.80. The Morgan fingerprint density at radius 3 is 2.75 bits per heavy atom. The number of aliphatic carboxylic acids is 1. The lowest BCUT2D eigenvalue weighted by Gasteiger charge is -2.33. The highest BCUT2D eigenvalue weighted by atomic mass is 35.5. The molecule has 0 aromatic heterocycles. The Morgan fingerprint density at radius 1 is 1.45 bits per heavy atom. The number of carboxylic acid groups (broad SMARTS) is 1. The second-order valence-electron chi connectivity index (χ2n) is 4.93. The number of hydrogen-bond acceptors (Lipinski definition) is 3. The van der Waals surface area contributed by atoms with E-state index in [4.69, 9.17) is 21.4 Å². The van der Waals surface area contributed by atoms with Gasteiger partial charge in [-0.1, -0.05) is 17.7 Å². The minimum atomic E-state index is -0.807. The van der Waals surface area contributed by atoms with E-state index in [2.05, 4.69) is 5.32 Å². The van der Waals surface area contributed by atoms with Crippen molar-refractivity contribution < 1.29 is 19.4 Å². The Hall–Kier alpha value is -1.75. The number of rotatable bonds is 5. The molecule has 1 aliphatic carbocycles. The first-order chi connectivity index (χ1) is 9.45. The average molecular weight is 298 g/mol. The molecule has 1 aromatic rings. The van der Waals surface area contributed by atoms with Crippen molar-refractivity contribution in [1.29, 1.82) is 0 Å². The molecule has 1 fully saturated rings. The van der Waals surface area contributed by atoms with Gasteiger partial charge in [0.15, 0.2) is 6.10 Å². The number of nitrogens with one attached hydrogen (secondary N) is 1. The van der Waals surface area contributed by atoms with Gasteiger partial charge in [-0.2, -0.15) is 0 Å². The van der Waals surface area contributed by atoms with Crippen LogP contribution < -0.4 is 10.1 Å². The number of halogens is 1. The summed E-state index contributed by atoms with van der Waals surface area (Å²) in [5.74, 6) is -0.876. The summed E-state index contributed by atoms with van der Waals surface area (Å²) >= 11 is 5.83. The van der Waals surface area contributed by atoms with Crippen molar-refractivity contribution in [3.63, 3.8) is 0 Å². The van der Waals surface area contributed by atoms with Crippen LogP contribution in [-0.4, -0.2) is 29.1 Å². The maximum absolute atomic E-state index is 11.9. The van der Waals surface area contributed by atoms with Crippen LogP contribution in [0.15, 0.2) is 24.3 Å². The maximum Gasteiger partial charge on any atom is 0.306 e. The standard InChI is InChI=1S/C14H16ClNO4/c1-8(20-12-4-2-3-10(15)7-12)13(17)16-11-5-9(6-11)14(18)19/h2-4,7-9,11H,5-6H2,1H3,(H,16,17)(H,18,19). The highest BCUT2D eigenvalue weighted by Crippen LogP contribution is 2.27. The molecular weight excluding hydrogens is 282 g/mol. The van der Waals surface area contributed by atoms with Crippen LogP contribution >= 0.6 is 11.6 Å². The molecule has 1 unspecified atom stereocenters. The zero-order valence-corrected chi connectivity index (χ0v) is 11.8. The third kappa shape index (κ3) is 3.63. The number of ether oxygens (including phenoxy) is 1. The Labute approximate surface area is 121 Å². The summed E-state index contributed by atoms with van der Waals surface area (Å²) in [5.41, 5.74) is 0. The van der Waals surface area contributed by atoms with Crippen molar-refractivity contribution in [2.75, 3.05) is 0 Å². The van der Waals surface area contributed by atoms with E-state index in [0.717, 1.165) is 0 Å². The fraction of sp³-hybridized carbons (Fsp3) is 0.429. The minimum Gasteiger partial charge on any atom is -0.481 e. The molecule has 0 heterocycles. The van der Waals surface area contributed by atoms with Crippen LogP contribution in [0.1, 0.15) is 19.8 Å². The third-order valence-electron chi connectivity index (χ3n) is 3.31. The summed E-state index contributed by atoms with van der Waals surface area (Å²) in [6.45, 7) is 1.64. The Kier molecular flexibility index (Phi) is 4.49. The fourth-order valence-electron chi connectivity index (χ4n) is 2.05. The molecule has 0 spiro atoms. The van der Waals surface area contributed by atoms with Gasteiger partial charge in [0.05, 0.1) is 5.92 Å². The molecule has 2 rings (SSSR count). The van der Waals surface area contributed by atoms with Gasteiger partial charge < -0.3 is 15.2 Å². The second-order valence-corrected chi connectivity index (χ2v) is 5.37. The van der Waals surface area contributed by atoms with Crippen molar-refractivity contribution in [3.8, 4) is 5.75 Å². The van der Waals surface area contributed by atoms with Gasteiger partial charge in [-0.3, -0.25) is 9.59 Å². The summed E-state index contributed by atoms with van der Waals surface area (Å²) in [6.07, 6.45) is 0.299. The number of carbonyl (C=O) groups excluding carboxylic acids is 1.